The number of hydrogen-bond acceptors (Lipinski definition) is 6. The molecule has 6 heteroatoms. The van der Waals surface area contributed by atoms with Gasteiger partial charge in [-0.3, -0.25) is 4.98 Å². The van der Waals surface area contributed by atoms with Gasteiger partial charge in [-0.1, -0.05) is 6.07 Å². The maximum atomic E-state index is 8.73. The summed E-state index contributed by atoms with van der Waals surface area (Å²) in [5, 5.41) is 15.2. The summed E-state index contributed by atoms with van der Waals surface area (Å²) in [6.45, 7) is 2.46. The van der Waals surface area contributed by atoms with Gasteiger partial charge >= 0.3 is 0 Å². The Bertz CT molecular complexity index is 563. The molecule has 0 spiro atoms. The largest absolute Gasteiger partial charge is 0.354 e. The Morgan fingerprint density at radius 2 is 2.15 bits per heavy atom. The fraction of sp³-hybridized carbons (Fsp3) is 0.286. The molecule has 6 nitrogen and oxygen atoms in total. The molecule has 102 valence electrons. The summed E-state index contributed by atoms with van der Waals surface area (Å²) in [5.41, 5.74) is 1.54. The predicted molar refractivity (Wildman–Crippen MR) is 75.8 cm³/mol. The van der Waals surface area contributed by atoms with E-state index >= 15 is 0 Å². The van der Waals surface area contributed by atoms with Crippen molar-refractivity contribution in [3.63, 3.8) is 0 Å². The number of aromatic nitrogens is 3. The summed E-state index contributed by atoms with van der Waals surface area (Å²) in [7, 11) is 0. The standard InChI is InChI=1S/C14H16N6/c15-9-13-4-8-19-14(20-13)18-7-2-6-17-11-12-3-1-5-16-10-12/h1,3-5,8,10,17H,2,6-7,11H2,(H,18,19,20). The van der Waals surface area contributed by atoms with Crippen molar-refractivity contribution in [3.8, 4) is 6.07 Å². The molecule has 0 aliphatic carbocycles. The molecule has 0 radical (unpaired) electrons. The van der Waals surface area contributed by atoms with E-state index in [1.165, 1.54) is 5.56 Å². The molecule has 0 unspecified atom stereocenters. The van der Waals surface area contributed by atoms with E-state index in [1.807, 2.05) is 24.4 Å². The van der Waals surface area contributed by atoms with Crippen LogP contribution in [-0.4, -0.2) is 28.0 Å². The molecular weight excluding hydrogens is 252 g/mol. The van der Waals surface area contributed by atoms with E-state index in [0.29, 0.717) is 11.6 Å². The summed E-state index contributed by atoms with van der Waals surface area (Å²) in [6, 6.07) is 7.54. The van der Waals surface area contributed by atoms with E-state index in [0.717, 1.165) is 26.1 Å². The highest BCUT2D eigenvalue weighted by molar-refractivity contribution is 5.29. The van der Waals surface area contributed by atoms with E-state index in [2.05, 4.69) is 25.6 Å². The van der Waals surface area contributed by atoms with Gasteiger partial charge in [-0.2, -0.15) is 5.26 Å². The van der Waals surface area contributed by atoms with Gasteiger partial charge in [0.2, 0.25) is 5.95 Å². The Hall–Kier alpha value is -2.52. The molecule has 0 amide bonds. The first-order chi connectivity index (χ1) is 9.88. The predicted octanol–water partition coefficient (Wildman–Crippen LogP) is 1.34. The number of nitrogens with zero attached hydrogens (tertiary/aromatic N) is 4. The second kappa shape index (κ2) is 7.81. The van der Waals surface area contributed by atoms with Crippen LogP contribution in [0, 0.1) is 11.3 Å². The minimum Gasteiger partial charge on any atom is -0.354 e. The second-order valence-electron chi connectivity index (χ2n) is 4.20. The first-order valence-electron chi connectivity index (χ1n) is 6.45. The molecule has 0 aliphatic heterocycles. The maximum absolute atomic E-state index is 8.73. The minimum absolute atomic E-state index is 0.372. The van der Waals surface area contributed by atoms with E-state index < -0.39 is 0 Å². The minimum atomic E-state index is 0.372. The Labute approximate surface area is 117 Å². The molecule has 0 fully saturated rings. The van der Waals surface area contributed by atoms with Gasteiger partial charge in [-0.25, -0.2) is 9.97 Å². The van der Waals surface area contributed by atoms with Gasteiger partial charge in [-0.15, -0.1) is 0 Å². The van der Waals surface area contributed by atoms with Crippen molar-refractivity contribution in [3.05, 3.63) is 48.0 Å². The van der Waals surface area contributed by atoms with Gasteiger partial charge in [0.05, 0.1) is 0 Å². The third-order valence-electron chi connectivity index (χ3n) is 2.64. The maximum Gasteiger partial charge on any atom is 0.223 e. The van der Waals surface area contributed by atoms with Crippen LogP contribution in [0.4, 0.5) is 5.95 Å². The van der Waals surface area contributed by atoms with Crippen molar-refractivity contribution in [1.29, 1.82) is 5.26 Å². The van der Waals surface area contributed by atoms with Gasteiger partial charge in [-0.05, 0) is 30.7 Å². The number of hydrogen-bond donors (Lipinski definition) is 2. The molecular formula is C14H16N6. The molecule has 0 aromatic carbocycles. The van der Waals surface area contributed by atoms with Gasteiger partial charge in [0.25, 0.3) is 0 Å². The second-order valence-corrected chi connectivity index (χ2v) is 4.20. The Balaban J connectivity index is 1.61. The monoisotopic (exact) mass is 268 g/mol. The zero-order valence-electron chi connectivity index (χ0n) is 11.1. The molecule has 2 aromatic rings. The average Bonchev–Trinajstić information content (AvgIpc) is 2.52. The Kier molecular flexibility index (Phi) is 5.43. The van der Waals surface area contributed by atoms with Crippen LogP contribution in [0.25, 0.3) is 0 Å². The van der Waals surface area contributed by atoms with Crippen LogP contribution in [0.3, 0.4) is 0 Å². The molecule has 2 heterocycles. The first kappa shape index (κ1) is 13.9. The smallest absolute Gasteiger partial charge is 0.223 e. The number of nitriles is 1. The lowest BCUT2D eigenvalue weighted by Crippen LogP contribution is -2.18. The zero-order valence-corrected chi connectivity index (χ0v) is 11.1. The molecule has 0 bridgehead atoms. The molecule has 0 aliphatic rings. The van der Waals surface area contributed by atoms with Gasteiger partial charge < -0.3 is 10.6 Å². The molecule has 2 rings (SSSR count). The van der Waals surface area contributed by atoms with Crippen LogP contribution >= 0.6 is 0 Å². The highest BCUT2D eigenvalue weighted by atomic mass is 15.1. The zero-order chi connectivity index (χ0) is 14.0. The molecule has 0 saturated carbocycles. The van der Waals surface area contributed by atoms with E-state index in [1.54, 1.807) is 18.5 Å². The van der Waals surface area contributed by atoms with Crippen LogP contribution in [-0.2, 0) is 6.54 Å². The van der Waals surface area contributed by atoms with Crippen molar-refractivity contribution in [2.75, 3.05) is 18.4 Å². The van der Waals surface area contributed by atoms with E-state index in [-0.39, 0.29) is 0 Å². The first-order valence-corrected chi connectivity index (χ1v) is 6.45. The van der Waals surface area contributed by atoms with Crippen molar-refractivity contribution in [2.24, 2.45) is 0 Å². The number of rotatable bonds is 7. The van der Waals surface area contributed by atoms with Crippen LogP contribution in [0.15, 0.2) is 36.8 Å². The van der Waals surface area contributed by atoms with Crippen molar-refractivity contribution < 1.29 is 0 Å². The van der Waals surface area contributed by atoms with Crippen molar-refractivity contribution >= 4 is 5.95 Å². The summed E-state index contributed by atoms with van der Waals surface area (Å²) in [5.74, 6) is 0.497. The quantitative estimate of drug-likeness (QED) is 0.737. The summed E-state index contributed by atoms with van der Waals surface area (Å²) in [6.07, 6.45) is 6.14. The van der Waals surface area contributed by atoms with Gasteiger partial charge in [0.15, 0.2) is 0 Å². The summed E-state index contributed by atoms with van der Waals surface area (Å²) >= 11 is 0. The fourth-order valence-electron chi connectivity index (χ4n) is 1.66. The fourth-order valence-corrected chi connectivity index (χ4v) is 1.66. The van der Waals surface area contributed by atoms with Gasteiger partial charge in [0.1, 0.15) is 11.8 Å². The highest BCUT2D eigenvalue weighted by Gasteiger charge is 1.97. The lowest BCUT2D eigenvalue weighted by molar-refractivity contribution is 0.660. The van der Waals surface area contributed by atoms with Gasteiger partial charge in [0, 0.05) is 31.7 Å². The highest BCUT2D eigenvalue weighted by Crippen LogP contribution is 1.99. The van der Waals surface area contributed by atoms with Crippen molar-refractivity contribution in [1.82, 2.24) is 20.3 Å². The summed E-state index contributed by atoms with van der Waals surface area (Å²) in [4.78, 5) is 12.2. The molecule has 2 N–H and O–H groups in total. The van der Waals surface area contributed by atoms with E-state index in [4.69, 9.17) is 5.26 Å². The van der Waals surface area contributed by atoms with Crippen LogP contribution in [0.2, 0.25) is 0 Å². The molecule has 2 aromatic heterocycles. The lowest BCUT2D eigenvalue weighted by Gasteiger charge is -2.06. The number of anilines is 1. The third kappa shape index (κ3) is 4.63. The Morgan fingerprint density at radius 3 is 2.95 bits per heavy atom. The van der Waals surface area contributed by atoms with Crippen LogP contribution < -0.4 is 10.6 Å². The molecule has 0 saturated heterocycles. The summed E-state index contributed by atoms with van der Waals surface area (Å²) < 4.78 is 0. The number of pyridine rings is 1. The van der Waals surface area contributed by atoms with Crippen molar-refractivity contribution in [2.45, 2.75) is 13.0 Å². The average molecular weight is 268 g/mol. The normalized spacial score (nSPS) is 9.95. The molecule has 20 heavy (non-hydrogen) atoms. The Morgan fingerprint density at radius 1 is 1.20 bits per heavy atom. The molecule has 0 atom stereocenters. The lowest BCUT2D eigenvalue weighted by atomic mass is 10.3. The van der Waals surface area contributed by atoms with Crippen LogP contribution in [0.5, 0.6) is 0 Å². The topological polar surface area (TPSA) is 86.5 Å². The van der Waals surface area contributed by atoms with E-state index in [9.17, 15) is 0 Å². The third-order valence-corrected chi connectivity index (χ3v) is 2.64. The SMILES string of the molecule is N#Cc1ccnc(NCCCNCc2cccnc2)n1. The van der Waals surface area contributed by atoms with Crippen LogP contribution in [0.1, 0.15) is 17.7 Å². The number of nitrogens with one attached hydrogen (secondary N) is 2.